The van der Waals surface area contributed by atoms with E-state index in [1.807, 2.05) is 31.2 Å². The fourth-order valence-corrected chi connectivity index (χ4v) is 4.37. The highest BCUT2D eigenvalue weighted by atomic mass is 32.1. The molecule has 0 spiro atoms. The number of nitrogens with zero attached hydrogens (tertiary/aromatic N) is 1. The number of Topliss-reactive ketones (excluding diaryl/α,β-unsaturated/α-hetero) is 1. The van der Waals surface area contributed by atoms with E-state index in [2.05, 4.69) is 0 Å². The first-order chi connectivity index (χ1) is 15.5. The van der Waals surface area contributed by atoms with Crippen LogP contribution in [0.2, 0.25) is 0 Å². The van der Waals surface area contributed by atoms with Gasteiger partial charge in [0.2, 0.25) is 5.78 Å². The van der Waals surface area contributed by atoms with Crippen molar-refractivity contribution in [1.82, 2.24) is 0 Å². The molecule has 1 N–H and O–H groups in total. The number of hydrogen-bond donors (Lipinski definition) is 1. The normalized spacial score (nSPS) is 15.9. The molecule has 0 saturated heterocycles. The SMILES string of the molecule is CCCOc1cccc(C2C(C(=O)c3cccs3)=C(O)C(=O)N2c2ccc(OC)cc2)c1. The molecule has 4 rings (SSSR count). The second kappa shape index (κ2) is 9.28. The molecular weight excluding hydrogens is 426 g/mol. The topological polar surface area (TPSA) is 76.1 Å². The van der Waals surface area contributed by atoms with E-state index >= 15 is 0 Å². The second-order valence-corrected chi connectivity index (χ2v) is 8.21. The lowest BCUT2D eigenvalue weighted by Gasteiger charge is -2.27. The van der Waals surface area contributed by atoms with Crippen LogP contribution >= 0.6 is 11.3 Å². The predicted octanol–water partition coefficient (Wildman–Crippen LogP) is 5.33. The first-order valence-electron chi connectivity index (χ1n) is 10.3. The van der Waals surface area contributed by atoms with Gasteiger partial charge in [0, 0.05) is 5.69 Å². The van der Waals surface area contributed by atoms with E-state index in [-0.39, 0.29) is 11.4 Å². The number of carbonyl (C=O) groups is 2. The van der Waals surface area contributed by atoms with E-state index in [1.54, 1.807) is 48.9 Å². The van der Waals surface area contributed by atoms with Gasteiger partial charge in [0.15, 0.2) is 5.76 Å². The third-order valence-corrected chi connectivity index (χ3v) is 6.06. The Labute approximate surface area is 190 Å². The zero-order valence-electron chi connectivity index (χ0n) is 17.8. The van der Waals surface area contributed by atoms with Crippen molar-refractivity contribution in [2.45, 2.75) is 19.4 Å². The number of aliphatic hydroxyl groups excluding tert-OH is 1. The molecule has 1 aromatic heterocycles. The van der Waals surface area contributed by atoms with Crippen LogP contribution in [0.3, 0.4) is 0 Å². The van der Waals surface area contributed by atoms with Gasteiger partial charge in [-0.05, 0) is 59.8 Å². The quantitative estimate of drug-likeness (QED) is 0.471. The van der Waals surface area contributed by atoms with Crippen molar-refractivity contribution in [3.63, 3.8) is 0 Å². The van der Waals surface area contributed by atoms with E-state index in [0.717, 1.165) is 6.42 Å². The van der Waals surface area contributed by atoms with Gasteiger partial charge in [-0.2, -0.15) is 0 Å². The fourth-order valence-electron chi connectivity index (χ4n) is 3.70. The smallest absolute Gasteiger partial charge is 0.294 e. The van der Waals surface area contributed by atoms with Gasteiger partial charge < -0.3 is 14.6 Å². The van der Waals surface area contributed by atoms with Crippen molar-refractivity contribution >= 4 is 28.7 Å². The van der Waals surface area contributed by atoms with Gasteiger partial charge >= 0.3 is 0 Å². The molecule has 164 valence electrons. The zero-order valence-corrected chi connectivity index (χ0v) is 18.6. The average molecular weight is 450 g/mol. The van der Waals surface area contributed by atoms with Gasteiger partial charge in [0.1, 0.15) is 11.5 Å². The molecule has 1 unspecified atom stereocenters. The van der Waals surface area contributed by atoms with Crippen LogP contribution in [0.4, 0.5) is 5.69 Å². The molecule has 1 aliphatic heterocycles. The van der Waals surface area contributed by atoms with Crippen molar-refractivity contribution in [2.24, 2.45) is 0 Å². The molecule has 1 amide bonds. The first kappa shape index (κ1) is 21.6. The van der Waals surface area contributed by atoms with Gasteiger partial charge in [-0.3, -0.25) is 14.5 Å². The van der Waals surface area contributed by atoms with Crippen LogP contribution in [0.15, 0.2) is 77.4 Å². The number of carbonyl (C=O) groups excluding carboxylic acids is 2. The molecule has 2 heterocycles. The first-order valence-corrected chi connectivity index (χ1v) is 11.1. The van der Waals surface area contributed by atoms with Gasteiger partial charge in [0.25, 0.3) is 5.91 Å². The maximum atomic E-state index is 13.3. The maximum absolute atomic E-state index is 13.3. The summed E-state index contributed by atoms with van der Waals surface area (Å²) in [6, 6.07) is 16.9. The van der Waals surface area contributed by atoms with Gasteiger partial charge in [-0.1, -0.05) is 25.1 Å². The van der Waals surface area contributed by atoms with Gasteiger partial charge in [-0.25, -0.2) is 0 Å². The molecule has 0 fully saturated rings. The van der Waals surface area contributed by atoms with Crippen LogP contribution in [0.25, 0.3) is 0 Å². The highest BCUT2D eigenvalue weighted by molar-refractivity contribution is 7.12. The Morgan fingerprint density at radius 3 is 2.53 bits per heavy atom. The lowest BCUT2D eigenvalue weighted by Crippen LogP contribution is -2.31. The van der Waals surface area contributed by atoms with Crippen molar-refractivity contribution in [3.05, 3.63) is 87.8 Å². The summed E-state index contributed by atoms with van der Waals surface area (Å²) < 4.78 is 11.0. The molecule has 6 nitrogen and oxygen atoms in total. The Balaban J connectivity index is 1.83. The molecule has 1 atom stereocenters. The summed E-state index contributed by atoms with van der Waals surface area (Å²) >= 11 is 1.27. The summed E-state index contributed by atoms with van der Waals surface area (Å²) in [6.45, 7) is 2.57. The Kier molecular flexibility index (Phi) is 6.28. The zero-order chi connectivity index (χ0) is 22.7. The summed E-state index contributed by atoms with van der Waals surface area (Å²) in [4.78, 5) is 28.4. The summed E-state index contributed by atoms with van der Waals surface area (Å²) in [5.41, 5.74) is 1.27. The Bertz CT molecular complexity index is 1150. The molecule has 0 saturated carbocycles. The van der Waals surface area contributed by atoms with E-state index in [0.29, 0.717) is 34.2 Å². The largest absolute Gasteiger partial charge is 0.503 e. The van der Waals surface area contributed by atoms with Crippen LogP contribution in [0.1, 0.15) is 34.6 Å². The minimum atomic E-state index is -0.796. The minimum Gasteiger partial charge on any atom is -0.503 e. The van der Waals surface area contributed by atoms with Crippen LogP contribution < -0.4 is 14.4 Å². The summed E-state index contributed by atoms with van der Waals surface area (Å²) in [5, 5.41) is 12.6. The second-order valence-electron chi connectivity index (χ2n) is 7.27. The highest BCUT2D eigenvalue weighted by Gasteiger charge is 2.45. The summed E-state index contributed by atoms with van der Waals surface area (Å²) in [7, 11) is 1.56. The Hall–Kier alpha value is -3.58. The molecular formula is C25H23NO5S. The summed E-state index contributed by atoms with van der Waals surface area (Å²) in [5.74, 6) is -0.254. The molecule has 2 aromatic carbocycles. The predicted molar refractivity (Wildman–Crippen MR) is 124 cm³/mol. The maximum Gasteiger partial charge on any atom is 0.294 e. The van der Waals surface area contributed by atoms with Gasteiger partial charge in [-0.15, -0.1) is 11.3 Å². The minimum absolute atomic E-state index is 0.0564. The van der Waals surface area contributed by atoms with Crippen molar-refractivity contribution in [2.75, 3.05) is 18.6 Å². The van der Waals surface area contributed by atoms with Crippen LogP contribution in [-0.2, 0) is 4.79 Å². The Morgan fingerprint density at radius 2 is 1.88 bits per heavy atom. The number of anilines is 1. The number of aliphatic hydroxyl groups is 1. The third-order valence-electron chi connectivity index (χ3n) is 5.20. The van der Waals surface area contributed by atoms with Crippen molar-refractivity contribution < 1.29 is 24.2 Å². The van der Waals surface area contributed by atoms with Crippen LogP contribution in [-0.4, -0.2) is 30.5 Å². The number of rotatable bonds is 8. The molecule has 0 aliphatic carbocycles. The number of thiophene rings is 1. The molecule has 1 aliphatic rings. The standard InChI is InChI=1S/C25H23NO5S/c1-3-13-31-19-7-4-6-16(15-19)22-21(23(27)20-8-5-14-32-20)24(28)25(29)26(22)17-9-11-18(30-2)12-10-17/h4-12,14-15,22,28H,3,13H2,1-2H3. The van der Waals surface area contributed by atoms with Gasteiger partial charge in [0.05, 0.1) is 30.2 Å². The van der Waals surface area contributed by atoms with Crippen molar-refractivity contribution in [3.8, 4) is 11.5 Å². The molecule has 0 bridgehead atoms. The molecule has 32 heavy (non-hydrogen) atoms. The fraction of sp³-hybridized carbons (Fsp3) is 0.200. The average Bonchev–Trinajstić information content (AvgIpc) is 3.45. The molecule has 3 aromatic rings. The number of ether oxygens (including phenoxy) is 2. The lowest BCUT2D eigenvalue weighted by atomic mass is 9.95. The highest BCUT2D eigenvalue weighted by Crippen LogP contribution is 2.43. The Morgan fingerprint density at radius 1 is 1.09 bits per heavy atom. The molecule has 0 radical (unpaired) electrons. The third kappa shape index (κ3) is 3.99. The van der Waals surface area contributed by atoms with E-state index in [1.165, 1.54) is 16.2 Å². The lowest BCUT2D eigenvalue weighted by molar-refractivity contribution is -0.117. The van der Waals surface area contributed by atoms with Crippen LogP contribution in [0, 0.1) is 0 Å². The number of ketones is 1. The van der Waals surface area contributed by atoms with Crippen molar-refractivity contribution in [1.29, 1.82) is 0 Å². The van der Waals surface area contributed by atoms with E-state index in [4.69, 9.17) is 9.47 Å². The number of amides is 1. The van der Waals surface area contributed by atoms with Crippen LogP contribution in [0.5, 0.6) is 11.5 Å². The monoisotopic (exact) mass is 449 g/mol. The molecule has 7 heteroatoms. The number of methoxy groups -OCH3 is 1. The number of hydrogen-bond acceptors (Lipinski definition) is 6. The summed E-state index contributed by atoms with van der Waals surface area (Å²) in [6.07, 6.45) is 0.854. The number of benzene rings is 2. The van der Waals surface area contributed by atoms with E-state index in [9.17, 15) is 14.7 Å². The van der Waals surface area contributed by atoms with E-state index < -0.39 is 17.7 Å².